The van der Waals surface area contributed by atoms with Crippen LogP contribution in [0.2, 0.25) is 0 Å². The maximum Gasteiger partial charge on any atom is 0.338 e. The SMILES string of the molecule is CCCC1N=C(N2CN(C)C(=O)N(C)C2)NC(C)=C1C(=O)OCc1ccccc1. The summed E-state index contributed by atoms with van der Waals surface area (Å²) >= 11 is 0. The van der Waals surface area contributed by atoms with Crippen molar-refractivity contribution in [2.45, 2.75) is 39.3 Å². The number of allylic oxidation sites excluding steroid dienone is 1. The lowest BCUT2D eigenvalue weighted by atomic mass is 10.00. The van der Waals surface area contributed by atoms with Gasteiger partial charge in [0, 0.05) is 19.8 Å². The van der Waals surface area contributed by atoms with Crippen LogP contribution in [-0.2, 0) is 16.1 Å². The Morgan fingerprint density at radius 1 is 1.21 bits per heavy atom. The first-order chi connectivity index (χ1) is 13.9. The van der Waals surface area contributed by atoms with Gasteiger partial charge in [-0.3, -0.25) is 0 Å². The molecule has 1 N–H and O–H groups in total. The van der Waals surface area contributed by atoms with Crippen LogP contribution in [0.3, 0.4) is 0 Å². The highest BCUT2D eigenvalue weighted by Gasteiger charge is 2.33. The van der Waals surface area contributed by atoms with Crippen molar-refractivity contribution >= 4 is 18.0 Å². The number of esters is 1. The third-order valence-electron chi connectivity index (χ3n) is 5.03. The number of nitrogens with one attached hydrogen (secondary N) is 1. The van der Waals surface area contributed by atoms with Gasteiger partial charge in [0.05, 0.1) is 25.0 Å². The summed E-state index contributed by atoms with van der Waals surface area (Å²) in [6, 6.07) is 9.33. The summed E-state index contributed by atoms with van der Waals surface area (Å²) in [6.07, 6.45) is 1.64. The number of hydrogen-bond acceptors (Lipinski definition) is 6. The summed E-state index contributed by atoms with van der Waals surface area (Å²) in [4.78, 5) is 34.9. The molecule has 2 heterocycles. The van der Waals surface area contributed by atoms with Crippen LogP contribution in [0.15, 0.2) is 46.6 Å². The van der Waals surface area contributed by atoms with Crippen molar-refractivity contribution < 1.29 is 14.3 Å². The summed E-state index contributed by atoms with van der Waals surface area (Å²) in [6.45, 7) is 5.05. The zero-order chi connectivity index (χ0) is 21.0. The van der Waals surface area contributed by atoms with Gasteiger partial charge in [0.1, 0.15) is 6.61 Å². The van der Waals surface area contributed by atoms with E-state index in [-0.39, 0.29) is 24.6 Å². The zero-order valence-electron chi connectivity index (χ0n) is 17.5. The molecule has 1 unspecified atom stereocenters. The molecule has 1 atom stereocenters. The van der Waals surface area contributed by atoms with Crippen molar-refractivity contribution in [3.05, 3.63) is 47.2 Å². The van der Waals surface area contributed by atoms with Crippen LogP contribution >= 0.6 is 0 Å². The highest BCUT2D eigenvalue weighted by atomic mass is 16.5. The minimum Gasteiger partial charge on any atom is -0.457 e. The van der Waals surface area contributed by atoms with Gasteiger partial charge in [0.25, 0.3) is 0 Å². The average molecular weight is 399 g/mol. The number of amides is 2. The van der Waals surface area contributed by atoms with Crippen molar-refractivity contribution in [3.63, 3.8) is 0 Å². The first-order valence-corrected chi connectivity index (χ1v) is 9.88. The van der Waals surface area contributed by atoms with E-state index in [4.69, 9.17) is 9.73 Å². The summed E-state index contributed by atoms with van der Waals surface area (Å²) in [5, 5.41) is 3.25. The van der Waals surface area contributed by atoms with Crippen molar-refractivity contribution in [2.75, 3.05) is 27.4 Å². The minimum absolute atomic E-state index is 0.0276. The van der Waals surface area contributed by atoms with Crippen LogP contribution in [-0.4, -0.2) is 66.1 Å². The molecular formula is C21H29N5O3. The van der Waals surface area contributed by atoms with E-state index in [1.165, 1.54) is 0 Å². The van der Waals surface area contributed by atoms with Gasteiger partial charge in [-0.05, 0) is 18.9 Å². The average Bonchev–Trinajstić information content (AvgIpc) is 2.70. The van der Waals surface area contributed by atoms with Crippen LogP contribution in [0.4, 0.5) is 4.79 Å². The fraction of sp³-hybridized carbons (Fsp3) is 0.476. The Morgan fingerprint density at radius 2 is 1.86 bits per heavy atom. The predicted octanol–water partition coefficient (Wildman–Crippen LogP) is 2.35. The van der Waals surface area contributed by atoms with E-state index in [1.807, 2.05) is 42.2 Å². The topological polar surface area (TPSA) is 77.5 Å². The minimum atomic E-state index is -0.344. The molecule has 156 valence electrons. The number of urea groups is 1. The van der Waals surface area contributed by atoms with Crippen molar-refractivity contribution in [1.29, 1.82) is 0 Å². The normalized spacial score (nSPS) is 19.9. The quantitative estimate of drug-likeness (QED) is 0.769. The Balaban J connectivity index is 1.74. The number of hydrogen-bond donors (Lipinski definition) is 1. The molecule has 0 bridgehead atoms. The number of carbonyl (C=O) groups is 2. The summed E-state index contributed by atoms with van der Waals surface area (Å²) in [7, 11) is 3.51. The van der Waals surface area contributed by atoms with E-state index in [9.17, 15) is 9.59 Å². The molecule has 8 nitrogen and oxygen atoms in total. The van der Waals surface area contributed by atoms with Gasteiger partial charge in [-0.15, -0.1) is 0 Å². The van der Waals surface area contributed by atoms with Crippen LogP contribution in [0, 0.1) is 0 Å². The maximum absolute atomic E-state index is 12.8. The van der Waals surface area contributed by atoms with Gasteiger partial charge in [-0.2, -0.15) is 0 Å². The number of aliphatic imine (C=N–C) groups is 1. The first kappa shape index (κ1) is 20.7. The monoisotopic (exact) mass is 399 g/mol. The predicted molar refractivity (Wildman–Crippen MR) is 111 cm³/mol. The molecule has 3 rings (SSSR count). The number of carbonyl (C=O) groups excluding carboxylic acids is 2. The molecular weight excluding hydrogens is 370 g/mol. The molecule has 0 saturated carbocycles. The van der Waals surface area contributed by atoms with Crippen LogP contribution in [0.5, 0.6) is 0 Å². The van der Waals surface area contributed by atoms with Gasteiger partial charge in [0.15, 0.2) is 0 Å². The van der Waals surface area contributed by atoms with Gasteiger partial charge in [-0.25, -0.2) is 14.6 Å². The highest BCUT2D eigenvalue weighted by Crippen LogP contribution is 2.23. The number of guanidine groups is 1. The Kier molecular flexibility index (Phi) is 6.41. The molecule has 29 heavy (non-hydrogen) atoms. The molecule has 0 spiro atoms. The van der Waals surface area contributed by atoms with Crippen molar-refractivity contribution in [3.8, 4) is 0 Å². The molecule has 2 amide bonds. The zero-order valence-corrected chi connectivity index (χ0v) is 17.5. The fourth-order valence-corrected chi connectivity index (χ4v) is 3.57. The van der Waals surface area contributed by atoms with Crippen LogP contribution in [0.1, 0.15) is 32.3 Å². The molecule has 1 aromatic rings. The number of nitrogens with zero attached hydrogens (tertiary/aromatic N) is 4. The third kappa shape index (κ3) is 4.70. The third-order valence-corrected chi connectivity index (χ3v) is 5.03. The van der Waals surface area contributed by atoms with Crippen molar-refractivity contribution in [2.24, 2.45) is 4.99 Å². The lowest BCUT2D eigenvalue weighted by molar-refractivity contribution is -0.140. The van der Waals surface area contributed by atoms with Gasteiger partial charge >= 0.3 is 12.0 Å². The second-order valence-electron chi connectivity index (χ2n) is 7.48. The molecule has 2 aliphatic heterocycles. The second-order valence-corrected chi connectivity index (χ2v) is 7.48. The van der Waals surface area contributed by atoms with Gasteiger partial charge in [0.2, 0.25) is 5.96 Å². The van der Waals surface area contributed by atoms with Gasteiger partial charge < -0.3 is 24.8 Å². The lowest BCUT2D eigenvalue weighted by Crippen LogP contribution is -2.59. The number of benzene rings is 1. The molecule has 1 aromatic carbocycles. The Hall–Kier alpha value is -3.03. The Morgan fingerprint density at radius 3 is 2.48 bits per heavy atom. The molecule has 8 heteroatoms. The first-order valence-electron chi connectivity index (χ1n) is 9.88. The molecule has 0 aliphatic carbocycles. The number of rotatable bonds is 5. The summed E-state index contributed by atoms with van der Waals surface area (Å²) < 4.78 is 5.56. The largest absolute Gasteiger partial charge is 0.457 e. The van der Waals surface area contributed by atoms with Crippen LogP contribution < -0.4 is 5.32 Å². The van der Waals surface area contributed by atoms with Crippen LogP contribution in [0.25, 0.3) is 0 Å². The van der Waals surface area contributed by atoms with E-state index in [2.05, 4.69) is 12.2 Å². The summed E-state index contributed by atoms with van der Waals surface area (Å²) in [5.41, 5.74) is 2.26. The highest BCUT2D eigenvalue weighted by molar-refractivity contribution is 5.95. The molecule has 1 saturated heterocycles. The second kappa shape index (κ2) is 8.98. The van der Waals surface area contributed by atoms with E-state index < -0.39 is 0 Å². The molecule has 0 radical (unpaired) electrons. The Bertz CT molecular complexity index is 807. The fourth-order valence-electron chi connectivity index (χ4n) is 3.57. The standard InChI is InChI=1S/C21H29N5O3/c1-5-9-17-18(19(27)29-12-16-10-7-6-8-11-16)15(2)22-20(23-17)26-13-24(3)21(28)25(4)14-26/h6-8,10-11,17H,5,9,12-14H2,1-4H3,(H,22,23). The van der Waals surface area contributed by atoms with Crippen molar-refractivity contribution in [1.82, 2.24) is 20.0 Å². The number of ether oxygens (including phenoxy) is 1. The van der Waals surface area contributed by atoms with E-state index in [0.717, 1.165) is 24.1 Å². The summed E-state index contributed by atoms with van der Waals surface area (Å²) in [5.74, 6) is 0.329. The van der Waals surface area contributed by atoms with E-state index in [1.54, 1.807) is 23.9 Å². The molecule has 1 fully saturated rings. The van der Waals surface area contributed by atoms with Gasteiger partial charge in [-0.1, -0.05) is 43.7 Å². The van der Waals surface area contributed by atoms with E-state index in [0.29, 0.717) is 24.9 Å². The lowest BCUT2D eigenvalue weighted by Gasteiger charge is -2.41. The maximum atomic E-state index is 12.8. The molecule has 0 aromatic heterocycles. The Labute approximate surface area is 171 Å². The smallest absolute Gasteiger partial charge is 0.338 e. The van der Waals surface area contributed by atoms with E-state index >= 15 is 0 Å². The molecule has 2 aliphatic rings.